The second kappa shape index (κ2) is 7.50. The summed E-state index contributed by atoms with van der Waals surface area (Å²) in [6.45, 7) is 5.30. The van der Waals surface area contributed by atoms with Crippen molar-refractivity contribution in [2.75, 3.05) is 26.2 Å². The number of hydrogen-bond donors (Lipinski definition) is 0. The fourth-order valence-electron chi connectivity index (χ4n) is 3.19. The quantitative estimate of drug-likeness (QED) is 0.741. The molecule has 1 fully saturated rings. The van der Waals surface area contributed by atoms with Gasteiger partial charge in [0.05, 0.1) is 4.90 Å². The molecular formula is C19H21BrN2O3S. The first kappa shape index (κ1) is 19.1. The monoisotopic (exact) mass is 436 g/mol. The van der Waals surface area contributed by atoms with E-state index in [2.05, 4.69) is 15.9 Å². The standard InChI is InChI=1S/C19H21BrN2O3S/c1-14-10-15(2)12-16(11-14)19(23)21-6-8-22(9-7-21)26(24,25)18-5-3-4-17(20)13-18/h3-5,10-13H,6-9H2,1-2H3. The Kier molecular flexibility index (Phi) is 5.50. The third kappa shape index (κ3) is 4.00. The van der Waals surface area contributed by atoms with Gasteiger partial charge >= 0.3 is 0 Å². The second-order valence-corrected chi connectivity index (χ2v) is 9.38. The first-order valence-electron chi connectivity index (χ1n) is 8.41. The summed E-state index contributed by atoms with van der Waals surface area (Å²) in [6, 6.07) is 12.5. The fraction of sp³-hybridized carbons (Fsp3) is 0.316. The van der Waals surface area contributed by atoms with Gasteiger partial charge in [-0.3, -0.25) is 4.79 Å². The number of benzene rings is 2. The molecule has 26 heavy (non-hydrogen) atoms. The fourth-order valence-corrected chi connectivity index (χ4v) is 5.21. The molecule has 0 aliphatic carbocycles. The zero-order chi connectivity index (χ0) is 18.9. The number of rotatable bonds is 3. The van der Waals surface area contributed by atoms with Gasteiger partial charge in [0, 0.05) is 36.2 Å². The number of aryl methyl sites for hydroxylation is 2. The minimum Gasteiger partial charge on any atom is -0.336 e. The predicted octanol–water partition coefficient (Wildman–Crippen LogP) is 3.21. The molecule has 0 spiro atoms. The molecule has 2 aromatic rings. The number of halogens is 1. The van der Waals surface area contributed by atoms with E-state index in [4.69, 9.17) is 0 Å². The molecule has 5 nitrogen and oxygen atoms in total. The largest absolute Gasteiger partial charge is 0.336 e. The van der Waals surface area contributed by atoms with E-state index < -0.39 is 10.0 Å². The molecule has 3 rings (SSSR count). The van der Waals surface area contributed by atoms with Gasteiger partial charge in [-0.25, -0.2) is 8.42 Å². The lowest BCUT2D eigenvalue weighted by molar-refractivity contribution is 0.0697. The molecule has 0 bridgehead atoms. The lowest BCUT2D eigenvalue weighted by atomic mass is 10.1. The molecule has 138 valence electrons. The summed E-state index contributed by atoms with van der Waals surface area (Å²) in [5, 5.41) is 0. The summed E-state index contributed by atoms with van der Waals surface area (Å²) >= 11 is 3.31. The van der Waals surface area contributed by atoms with E-state index in [9.17, 15) is 13.2 Å². The molecule has 1 aliphatic heterocycles. The topological polar surface area (TPSA) is 57.7 Å². The summed E-state index contributed by atoms with van der Waals surface area (Å²) < 4.78 is 27.7. The van der Waals surface area contributed by atoms with Crippen LogP contribution in [0.25, 0.3) is 0 Å². The maximum absolute atomic E-state index is 12.8. The van der Waals surface area contributed by atoms with Gasteiger partial charge in [-0.15, -0.1) is 0 Å². The van der Waals surface area contributed by atoms with Crippen molar-refractivity contribution in [1.82, 2.24) is 9.21 Å². The summed E-state index contributed by atoms with van der Waals surface area (Å²) in [5.41, 5.74) is 2.75. The Morgan fingerprint density at radius 1 is 0.962 bits per heavy atom. The first-order chi connectivity index (χ1) is 12.3. The van der Waals surface area contributed by atoms with Crippen molar-refractivity contribution >= 4 is 31.9 Å². The average Bonchev–Trinajstić information content (AvgIpc) is 2.60. The van der Waals surface area contributed by atoms with Crippen LogP contribution in [0.1, 0.15) is 21.5 Å². The van der Waals surface area contributed by atoms with Gasteiger partial charge in [-0.1, -0.05) is 39.2 Å². The van der Waals surface area contributed by atoms with Crippen molar-refractivity contribution in [3.05, 3.63) is 63.6 Å². The zero-order valence-corrected chi connectivity index (χ0v) is 17.2. The lowest BCUT2D eigenvalue weighted by Crippen LogP contribution is -2.50. The third-order valence-electron chi connectivity index (χ3n) is 4.43. The molecule has 0 N–H and O–H groups in total. The molecule has 2 aromatic carbocycles. The number of carbonyl (C=O) groups excluding carboxylic acids is 1. The Hall–Kier alpha value is -1.70. The maximum Gasteiger partial charge on any atom is 0.253 e. The van der Waals surface area contributed by atoms with Crippen LogP contribution >= 0.6 is 15.9 Å². The number of sulfonamides is 1. The zero-order valence-electron chi connectivity index (χ0n) is 14.8. The van der Waals surface area contributed by atoms with E-state index in [0.29, 0.717) is 31.7 Å². The molecule has 0 unspecified atom stereocenters. The predicted molar refractivity (Wildman–Crippen MR) is 105 cm³/mol. The van der Waals surface area contributed by atoms with E-state index in [-0.39, 0.29) is 10.8 Å². The van der Waals surface area contributed by atoms with Gasteiger partial charge in [-0.05, 0) is 44.2 Å². The lowest BCUT2D eigenvalue weighted by Gasteiger charge is -2.34. The number of amides is 1. The second-order valence-electron chi connectivity index (χ2n) is 6.53. The maximum atomic E-state index is 12.8. The van der Waals surface area contributed by atoms with Crippen LogP contribution in [0, 0.1) is 13.8 Å². The van der Waals surface area contributed by atoms with Crippen molar-refractivity contribution in [3.63, 3.8) is 0 Å². The Balaban J connectivity index is 1.72. The molecule has 1 saturated heterocycles. The SMILES string of the molecule is Cc1cc(C)cc(C(=O)N2CCN(S(=O)(=O)c3cccc(Br)c3)CC2)c1. The van der Waals surface area contributed by atoms with Crippen molar-refractivity contribution in [1.29, 1.82) is 0 Å². The Bertz CT molecular complexity index is 915. The van der Waals surface area contributed by atoms with Crippen LogP contribution in [0.4, 0.5) is 0 Å². The molecule has 0 atom stereocenters. The molecule has 0 aromatic heterocycles. The molecule has 1 amide bonds. The number of nitrogens with zero attached hydrogens (tertiary/aromatic N) is 2. The number of piperazine rings is 1. The van der Waals surface area contributed by atoms with Crippen molar-refractivity contribution < 1.29 is 13.2 Å². The Labute approximate surface area is 162 Å². The molecule has 1 aliphatic rings. The van der Waals surface area contributed by atoms with Crippen LogP contribution in [0.5, 0.6) is 0 Å². The summed E-state index contributed by atoms with van der Waals surface area (Å²) in [6.07, 6.45) is 0. The van der Waals surface area contributed by atoms with Gasteiger partial charge < -0.3 is 4.90 Å². The van der Waals surface area contributed by atoms with Gasteiger partial charge in [0.1, 0.15) is 0 Å². The summed E-state index contributed by atoms with van der Waals surface area (Å²) in [7, 11) is -3.55. The van der Waals surface area contributed by atoms with E-state index in [1.165, 1.54) is 4.31 Å². The summed E-state index contributed by atoms with van der Waals surface area (Å²) in [4.78, 5) is 14.7. The van der Waals surface area contributed by atoms with Crippen LogP contribution < -0.4 is 0 Å². The van der Waals surface area contributed by atoms with Crippen molar-refractivity contribution in [2.45, 2.75) is 18.7 Å². The molecular weight excluding hydrogens is 416 g/mol. The first-order valence-corrected chi connectivity index (χ1v) is 10.6. The van der Waals surface area contributed by atoms with E-state index >= 15 is 0 Å². The van der Waals surface area contributed by atoms with Gasteiger partial charge in [0.15, 0.2) is 0 Å². The summed E-state index contributed by atoms with van der Waals surface area (Å²) in [5.74, 6) is -0.0451. The number of carbonyl (C=O) groups is 1. The van der Waals surface area contributed by atoms with Crippen LogP contribution in [0.3, 0.4) is 0 Å². The van der Waals surface area contributed by atoms with Gasteiger partial charge in [0.2, 0.25) is 10.0 Å². The van der Waals surface area contributed by atoms with E-state index in [1.54, 1.807) is 29.2 Å². The normalized spacial score (nSPS) is 15.9. The van der Waals surface area contributed by atoms with Crippen molar-refractivity contribution in [2.24, 2.45) is 0 Å². The van der Waals surface area contributed by atoms with Gasteiger partial charge in [0.25, 0.3) is 5.91 Å². The van der Waals surface area contributed by atoms with Crippen LogP contribution in [-0.2, 0) is 10.0 Å². The highest BCUT2D eigenvalue weighted by molar-refractivity contribution is 9.10. The highest BCUT2D eigenvalue weighted by Crippen LogP contribution is 2.22. The van der Waals surface area contributed by atoms with Crippen LogP contribution in [0.15, 0.2) is 51.8 Å². The van der Waals surface area contributed by atoms with Crippen LogP contribution in [0.2, 0.25) is 0 Å². The Morgan fingerprint density at radius 2 is 1.58 bits per heavy atom. The smallest absolute Gasteiger partial charge is 0.253 e. The minimum absolute atomic E-state index is 0.0451. The van der Waals surface area contributed by atoms with Crippen molar-refractivity contribution in [3.8, 4) is 0 Å². The molecule has 0 radical (unpaired) electrons. The average molecular weight is 437 g/mol. The molecule has 1 heterocycles. The molecule has 7 heteroatoms. The highest BCUT2D eigenvalue weighted by atomic mass is 79.9. The minimum atomic E-state index is -3.55. The van der Waals surface area contributed by atoms with Crippen LogP contribution in [-0.4, -0.2) is 49.7 Å². The van der Waals surface area contributed by atoms with Gasteiger partial charge in [-0.2, -0.15) is 4.31 Å². The Morgan fingerprint density at radius 3 is 2.15 bits per heavy atom. The number of hydrogen-bond acceptors (Lipinski definition) is 3. The third-order valence-corrected chi connectivity index (χ3v) is 6.82. The highest BCUT2D eigenvalue weighted by Gasteiger charge is 2.30. The van der Waals surface area contributed by atoms with E-state index in [0.717, 1.165) is 15.6 Å². The molecule has 0 saturated carbocycles. The van der Waals surface area contributed by atoms with E-state index in [1.807, 2.05) is 32.0 Å².